The standard InChI is InChI=1S/C10H12BrF2NO2S/c1-2-7(6-11)14-17(15,16)8-3-4-9(12)10(13)5-8/h3-5,7,14H,2,6H2,1H3. The summed E-state index contributed by atoms with van der Waals surface area (Å²) in [5, 5.41) is 0.451. The second-order valence-electron chi connectivity index (χ2n) is 3.46. The fraction of sp³-hybridized carbons (Fsp3) is 0.400. The van der Waals surface area contributed by atoms with Gasteiger partial charge in [-0.25, -0.2) is 21.9 Å². The second kappa shape index (κ2) is 5.88. The minimum absolute atomic E-state index is 0.282. The topological polar surface area (TPSA) is 46.2 Å². The molecular formula is C10H12BrF2NO2S. The molecule has 1 N–H and O–H groups in total. The van der Waals surface area contributed by atoms with E-state index < -0.39 is 21.7 Å². The smallest absolute Gasteiger partial charge is 0.207 e. The minimum atomic E-state index is -3.81. The second-order valence-corrected chi connectivity index (χ2v) is 5.82. The monoisotopic (exact) mass is 327 g/mol. The molecule has 0 radical (unpaired) electrons. The third-order valence-corrected chi connectivity index (χ3v) is 4.50. The van der Waals surface area contributed by atoms with E-state index in [0.717, 1.165) is 12.1 Å². The molecule has 3 nitrogen and oxygen atoms in total. The fourth-order valence-corrected chi connectivity index (χ4v) is 3.32. The molecule has 7 heteroatoms. The third kappa shape index (κ3) is 3.72. The van der Waals surface area contributed by atoms with Crippen LogP contribution in [0.2, 0.25) is 0 Å². The van der Waals surface area contributed by atoms with Gasteiger partial charge in [-0.1, -0.05) is 22.9 Å². The van der Waals surface area contributed by atoms with E-state index >= 15 is 0 Å². The molecular weight excluding hydrogens is 316 g/mol. The van der Waals surface area contributed by atoms with E-state index in [1.807, 2.05) is 6.92 Å². The third-order valence-electron chi connectivity index (χ3n) is 2.20. The van der Waals surface area contributed by atoms with Crippen molar-refractivity contribution in [3.05, 3.63) is 29.8 Å². The lowest BCUT2D eigenvalue weighted by atomic mass is 10.3. The molecule has 1 atom stereocenters. The number of halogens is 3. The van der Waals surface area contributed by atoms with Gasteiger partial charge >= 0.3 is 0 Å². The van der Waals surface area contributed by atoms with Crippen LogP contribution >= 0.6 is 15.9 Å². The zero-order valence-corrected chi connectivity index (χ0v) is 11.5. The number of rotatable bonds is 5. The highest BCUT2D eigenvalue weighted by atomic mass is 79.9. The summed E-state index contributed by atoms with van der Waals surface area (Å²) in [5.41, 5.74) is 0. The van der Waals surface area contributed by atoms with Crippen LogP contribution in [-0.4, -0.2) is 19.8 Å². The summed E-state index contributed by atoms with van der Waals surface area (Å²) in [6, 6.07) is 2.20. The lowest BCUT2D eigenvalue weighted by molar-refractivity contribution is 0.503. The predicted molar refractivity (Wildman–Crippen MR) is 64.6 cm³/mol. The van der Waals surface area contributed by atoms with Crippen molar-refractivity contribution in [2.24, 2.45) is 0 Å². The van der Waals surface area contributed by atoms with Crippen molar-refractivity contribution in [3.8, 4) is 0 Å². The maximum Gasteiger partial charge on any atom is 0.240 e. The van der Waals surface area contributed by atoms with Crippen LogP contribution < -0.4 is 4.72 Å². The Morgan fingerprint density at radius 1 is 1.35 bits per heavy atom. The average Bonchev–Trinajstić information content (AvgIpc) is 2.29. The Bertz CT molecular complexity index is 489. The van der Waals surface area contributed by atoms with Crippen LogP contribution in [0.5, 0.6) is 0 Å². The van der Waals surface area contributed by atoms with Crippen LogP contribution in [0.3, 0.4) is 0 Å². The van der Waals surface area contributed by atoms with Gasteiger partial charge in [0.25, 0.3) is 0 Å². The van der Waals surface area contributed by atoms with E-state index in [2.05, 4.69) is 20.7 Å². The Morgan fingerprint density at radius 2 is 2.00 bits per heavy atom. The quantitative estimate of drug-likeness (QED) is 0.844. The summed E-state index contributed by atoms with van der Waals surface area (Å²) in [5.74, 6) is -2.25. The highest BCUT2D eigenvalue weighted by molar-refractivity contribution is 9.09. The first-order valence-corrected chi connectivity index (χ1v) is 7.54. The number of benzene rings is 1. The van der Waals surface area contributed by atoms with E-state index in [1.54, 1.807) is 0 Å². The van der Waals surface area contributed by atoms with Crippen molar-refractivity contribution >= 4 is 26.0 Å². The zero-order chi connectivity index (χ0) is 13.1. The molecule has 1 aromatic rings. The average molecular weight is 328 g/mol. The van der Waals surface area contributed by atoms with E-state index in [4.69, 9.17) is 0 Å². The SMILES string of the molecule is CCC(CBr)NS(=O)(=O)c1ccc(F)c(F)c1. The zero-order valence-electron chi connectivity index (χ0n) is 9.08. The van der Waals surface area contributed by atoms with Crippen molar-refractivity contribution < 1.29 is 17.2 Å². The van der Waals surface area contributed by atoms with Crippen LogP contribution in [0.25, 0.3) is 0 Å². The highest BCUT2D eigenvalue weighted by Gasteiger charge is 2.19. The molecule has 0 aliphatic heterocycles. The Hall–Kier alpha value is -0.530. The molecule has 0 saturated carbocycles. The Kier molecular flexibility index (Phi) is 5.03. The van der Waals surface area contributed by atoms with Crippen molar-refractivity contribution in [1.29, 1.82) is 0 Å². The molecule has 0 amide bonds. The van der Waals surface area contributed by atoms with Gasteiger partial charge in [0.05, 0.1) is 4.90 Å². The predicted octanol–water partition coefficient (Wildman–Crippen LogP) is 2.42. The summed E-state index contributed by atoms with van der Waals surface area (Å²) in [7, 11) is -3.81. The first-order valence-electron chi connectivity index (χ1n) is 4.94. The first kappa shape index (κ1) is 14.5. The number of nitrogens with one attached hydrogen (secondary N) is 1. The van der Waals surface area contributed by atoms with E-state index in [0.29, 0.717) is 17.8 Å². The first-order chi connectivity index (χ1) is 7.90. The van der Waals surface area contributed by atoms with Gasteiger partial charge in [0.1, 0.15) is 0 Å². The molecule has 0 saturated heterocycles. The number of hydrogen-bond acceptors (Lipinski definition) is 2. The van der Waals surface area contributed by atoms with Gasteiger partial charge in [-0.2, -0.15) is 0 Å². The molecule has 0 fully saturated rings. The summed E-state index contributed by atoms with van der Waals surface area (Å²) >= 11 is 3.17. The van der Waals surface area contributed by atoms with Crippen LogP contribution in [0.4, 0.5) is 8.78 Å². The van der Waals surface area contributed by atoms with Crippen molar-refractivity contribution in [1.82, 2.24) is 4.72 Å². The fourth-order valence-electron chi connectivity index (χ4n) is 1.16. The van der Waals surface area contributed by atoms with E-state index in [1.165, 1.54) is 0 Å². The van der Waals surface area contributed by atoms with Crippen molar-refractivity contribution in [2.45, 2.75) is 24.3 Å². The maximum absolute atomic E-state index is 12.9. The van der Waals surface area contributed by atoms with Gasteiger partial charge in [-0.3, -0.25) is 0 Å². The molecule has 0 aromatic heterocycles. The Labute approximate surface area is 107 Å². The van der Waals surface area contributed by atoms with Crippen molar-refractivity contribution in [3.63, 3.8) is 0 Å². The van der Waals surface area contributed by atoms with E-state index in [9.17, 15) is 17.2 Å². The van der Waals surface area contributed by atoms with Crippen LogP contribution in [0.1, 0.15) is 13.3 Å². The van der Waals surface area contributed by atoms with Gasteiger partial charge in [0, 0.05) is 11.4 Å². The molecule has 0 bridgehead atoms. The van der Waals surface area contributed by atoms with Gasteiger partial charge in [-0.15, -0.1) is 0 Å². The molecule has 1 aromatic carbocycles. The van der Waals surface area contributed by atoms with Gasteiger partial charge < -0.3 is 0 Å². The summed E-state index contributed by atoms with van der Waals surface area (Å²) in [6.07, 6.45) is 0.591. The molecule has 1 rings (SSSR count). The van der Waals surface area contributed by atoms with Crippen LogP contribution in [-0.2, 0) is 10.0 Å². The number of sulfonamides is 1. The molecule has 96 valence electrons. The van der Waals surface area contributed by atoms with Gasteiger partial charge in [0.15, 0.2) is 11.6 Å². The van der Waals surface area contributed by atoms with Crippen molar-refractivity contribution in [2.75, 3.05) is 5.33 Å². The Balaban J connectivity index is 3.01. The highest BCUT2D eigenvalue weighted by Crippen LogP contribution is 2.14. The molecule has 1 unspecified atom stereocenters. The van der Waals surface area contributed by atoms with Crippen LogP contribution in [0, 0.1) is 11.6 Å². The lowest BCUT2D eigenvalue weighted by Gasteiger charge is -2.14. The van der Waals surface area contributed by atoms with Gasteiger partial charge in [0.2, 0.25) is 10.0 Å². The molecule has 17 heavy (non-hydrogen) atoms. The van der Waals surface area contributed by atoms with Gasteiger partial charge in [-0.05, 0) is 24.6 Å². The molecule has 0 spiro atoms. The maximum atomic E-state index is 12.9. The van der Waals surface area contributed by atoms with E-state index in [-0.39, 0.29) is 10.9 Å². The molecule has 0 aliphatic carbocycles. The summed E-state index contributed by atoms with van der Waals surface area (Å²) in [4.78, 5) is -0.282. The number of alkyl halides is 1. The molecule has 0 aliphatic rings. The van der Waals surface area contributed by atoms with Crippen LogP contribution in [0.15, 0.2) is 23.1 Å². The summed E-state index contributed by atoms with van der Waals surface area (Å²) in [6.45, 7) is 1.82. The molecule has 0 heterocycles. The number of hydrogen-bond donors (Lipinski definition) is 1. The minimum Gasteiger partial charge on any atom is -0.207 e. The normalized spacial score (nSPS) is 13.6. The summed E-state index contributed by atoms with van der Waals surface area (Å²) < 4.78 is 51.6. The largest absolute Gasteiger partial charge is 0.240 e. The lowest BCUT2D eigenvalue weighted by Crippen LogP contribution is -2.35. The Morgan fingerprint density at radius 3 is 2.47 bits per heavy atom.